The fourth-order valence-corrected chi connectivity index (χ4v) is 7.41. The molecule has 0 aliphatic carbocycles. The molecule has 2 saturated heterocycles. The number of carbonyl (C=O) groups is 2. The highest BCUT2D eigenvalue weighted by Crippen LogP contribution is 2.39. The molecule has 2 aliphatic rings. The Kier molecular flexibility index (Phi) is 8.54. The fraction of sp³-hybridized carbons (Fsp3) is 0.310. The topological polar surface area (TPSA) is 96.0 Å². The summed E-state index contributed by atoms with van der Waals surface area (Å²) in [4.78, 5) is 27.3. The number of ether oxygens (including phenoxy) is 1. The van der Waals surface area contributed by atoms with Crippen LogP contribution in [0.15, 0.2) is 83.8 Å². The number of carbonyl (C=O) groups excluding carboxylic acids is 2. The molecule has 0 bridgehead atoms. The van der Waals surface area contributed by atoms with E-state index in [1.54, 1.807) is 48.2 Å². The summed E-state index contributed by atoms with van der Waals surface area (Å²) in [6.07, 6.45) is 1.79. The smallest absolute Gasteiger partial charge is 0.251 e. The predicted molar refractivity (Wildman–Crippen MR) is 151 cm³/mol. The number of benzene rings is 3. The summed E-state index contributed by atoms with van der Waals surface area (Å²) in [7, 11) is -3.45. The van der Waals surface area contributed by atoms with Crippen LogP contribution in [-0.4, -0.2) is 61.4 Å². The summed E-state index contributed by atoms with van der Waals surface area (Å²) in [5.74, 6) is 0.876. The van der Waals surface area contributed by atoms with E-state index in [-0.39, 0.29) is 28.7 Å². The molecule has 0 aromatic heterocycles. The first kappa shape index (κ1) is 27.2. The van der Waals surface area contributed by atoms with E-state index in [0.717, 1.165) is 24.0 Å². The van der Waals surface area contributed by atoms with E-state index in [2.05, 4.69) is 5.32 Å². The molecule has 2 fully saturated rings. The molecule has 10 heteroatoms. The van der Waals surface area contributed by atoms with Crippen molar-refractivity contribution in [1.29, 1.82) is 0 Å². The number of amides is 2. The number of hydrogen-bond donors (Lipinski definition) is 1. The van der Waals surface area contributed by atoms with Gasteiger partial charge in [-0.2, -0.15) is 4.31 Å². The van der Waals surface area contributed by atoms with Gasteiger partial charge in [0.1, 0.15) is 17.7 Å². The van der Waals surface area contributed by atoms with E-state index in [1.807, 2.05) is 47.4 Å². The summed E-state index contributed by atoms with van der Waals surface area (Å²) < 4.78 is 32.5. The maximum absolute atomic E-state index is 12.6. The van der Waals surface area contributed by atoms with Crippen LogP contribution >= 0.6 is 11.8 Å². The van der Waals surface area contributed by atoms with Crippen molar-refractivity contribution in [3.63, 3.8) is 0 Å². The van der Waals surface area contributed by atoms with Gasteiger partial charge < -0.3 is 15.0 Å². The first-order chi connectivity index (χ1) is 18.9. The monoisotopic (exact) mass is 565 g/mol. The van der Waals surface area contributed by atoms with Crippen LogP contribution in [0.25, 0.3) is 0 Å². The lowest BCUT2D eigenvalue weighted by atomic mass is 10.1. The minimum Gasteiger partial charge on any atom is -0.492 e. The summed E-state index contributed by atoms with van der Waals surface area (Å²) in [5, 5.41) is 2.76. The van der Waals surface area contributed by atoms with E-state index >= 15 is 0 Å². The van der Waals surface area contributed by atoms with Gasteiger partial charge in [0.15, 0.2) is 0 Å². The zero-order valence-corrected chi connectivity index (χ0v) is 23.1. The molecular formula is C29H31N3O5S2. The maximum Gasteiger partial charge on any atom is 0.251 e. The summed E-state index contributed by atoms with van der Waals surface area (Å²) in [5.41, 5.74) is 2.59. The summed E-state index contributed by atoms with van der Waals surface area (Å²) in [6, 6.07) is 23.6. The first-order valence-electron chi connectivity index (χ1n) is 13.0. The molecule has 5 rings (SSSR count). The van der Waals surface area contributed by atoms with Crippen molar-refractivity contribution in [3.8, 4) is 5.75 Å². The van der Waals surface area contributed by atoms with E-state index in [0.29, 0.717) is 43.2 Å². The van der Waals surface area contributed by atoms with Gasteiger partial charge in [0.25, 0.3) is 5.91 Å². The Morgan fingerprint density at radius 2 is 1.64 bits per heavy atom. The van der Waals surface area contributed by atoms with Crippen molar-refractivity contribution in [2.75, 3.05) is 32.0 Å². The van der Waals surface area contributed by atoms with Crippen molar-refractivity contribution in [2.45, 2.75) is 29.7 Å². The van der Waals surface area contributed by atoms with Crippen molar-refractivity contribution in [3.05, 3.63) is 95.6 Å². The summed E-state index contributed by atoms with van der Waals surface area (Å²) >= 11 is 1.59. The highest BCUT2D eigenvalue weighted by atomic mass is 32.2. The third kappa shape index (κ3) is 6.46. The molecule has 1 atom stereocenters. The minimum atomic E-state index is -3.45. The number of nitrogens with one attached hydrogen (secondary N) is 1. The molecule has 0 radical (unpaired) electrons. The third-order valence-corrected chi connectivity index (χ3v) is 9.97. The standard InChI is InChI=1S/C29H31N3O5S2/c33-27-21-38-29(32(27)20-22-6-2-1-3-7-22)24-10-8-23(9-11-24)28(34)30-16-19-37-25-12-14-26(15-13-25)39(35,36)31-17-4-5-18-31/h1-3,6-15,29H,4-5,16-21H2,(H,30,34)/t29-/m0/s1. The zero-order valence-electron chi connectivity index (χ0n) is 21.5. The maximum atomic E-state index is 12.6. The van der Waals surface area contributed by atoms with Gasteiger partial charge >= 0.3 is 0 Å². The molecule has 3 aromatic rings. The van der Waals surface area contributed by atoms with Gasteiger partial charge in [-0.05, 0) is 60.4 Å². The van der Waals surface area contributed by atoms with Gasteiger partial charge in [0.05, 0.1) is 17.2 Å². The zero-order chi connectivity index (χ0) is 27.2. The Morgan fingerprint density at radius 1 is 0.949 bits per heavy atom. The molecule has 0 saturated carbocycles. The van der Waals surface area contributed by atoms with Crippen LogP contribution in [0.5, 0.6) is 5.75 Å². The Labute approximate surface area is 233 Å². The lowest BCUT2D eigenvalue weighted by Crippen LogP contribution is -2.29. The fourth-order valence-electron chi connectivity index (χ4n) is 4.70. The second-order valence-electron chi connectivity index (χ2n) is 9.48. The van der Waals surface area contributed by atoms with Crippen LogP contribution in [0.3, 0.4) is 0 Å². The molecule has 8 nitrogen and oxygen atoms in total. The molecule has 204 valence electrons. The van der Waals surface area contributed by atoms with Gasteiger partial charge in [-0.25, -0.2) is 8.42 Å². The molecular weight excluding hydrogens is 534 g/mol. The Hall–Kier alpha value is -3.34. The Morgan fingerprint density at radius 3 is 2.33 bits per heavy atom. The molecule has 2 heterocycles. The molecule has 0 unspecified atom stereocenters. The number of sulfonamides is 1. The quantitative estimate of drug-likeness (QED) is 0.373. The molecule has 2 amide bonds. The van der Waals surface area contributed by atoms with E-state index in [4.69, 9.17) is 4.74 Å². The number of hydrogen-bond acceptors (Lipinski definition) is 6. The Balaban J connectivity index is 1.10. The van der Waals surface area contributed by atoms with Gasteiger partial charge in [-0.15, -0.1) is 11.8 Å². The molecule has 0 spiro atoms. The predicted octanol–water partition coefficient (Wildman–Crippen LogP) is 4.05. The lowest BCUT2D eigenvalue weighted by Gasteiger charge is -2.24. The normalized spacial score (nSPS) is 17.9. The average molecular weight is 566 g/mol. The van der Waals surface area contributed by atoms with Crippen LogP contribution in [-0.2, 0) is 21.4 Å². The highest BCUT2D eigenvalue weighted by Gasteiger charge is 2.33. The Bertz CT molecular complexity index is 1390. The van der Waals surface area contributed by atoms with Crippen LogP contribution in [0.1, 0.15) is 39.7 Å². The van der Waals surface area contributed by atoms with E-state index in [1.165, 1.54) is 4.31 Å². The largest absolute Gasteiger partial charge is 0.492 e. The second kappa shape index (κ2) is 12.2. The second-order valence-corrected chi connectivity index (χ2v) is 12.5. The van der Waals surface area contributed by atoms with Crippen LogP contribution in [0.2, 0.25) is 0 Å². The van der Waals surface area contributed by atoms with Crippen molar-refractivity contribution >= 4 is 33.6 Å². The van der Waals surface area contributed by atoms with Gasteiger partial charge in [-0.1, -0.05) is 42.5 Å². The number of nitrogens with zero attached hydrogens (tertiary/aromatic N) is 2. The van der Waals surface area contributed by atoms with Gasteiger partial charge in [0, 0.05) is 25.2 Å². The number of rotatable bonds is 10. The van der Waals surface area contributed by atoms with Gasteiger partial charge in [-0.3, -0.25) is 9.59 Å². The third-order valence-electron chi connectivity index (χ3n) is 6.80. The summed E-state index contributed by atoms with van der Waals surface area (Å²) in [6.45, 7) is 2.23. The van der Waals surface area contributed by atoms with Crippen LogP contribution < -0.4 is 10.1 Å². The lowest BCUT2D eigenvalue weighted by molar-refractivity contribution is -0.128. The molecule has 1 N–H and O–H groups in total. The molecule has 2 aliphatic heterocycles. The van der Waals surface area contributed by atoms with Crippen molar-refractivity contribution in [2.24, 2.45) is 0 Å². The molecule has 39 heavy (non-hydrogen) atoms. The SMILES string of the molecule is O=C(NCCOc1ccc(S(=O)(=O)N2CCCC2)cc1)c1ccc([C@@H]2SCC(=O)N2Cc2ccccc2)cc1. The number of thioether (sulfide) groups is 1. The highest BCUT2D eigenvalue weighted by molar-refractivity contribution is 8.00. The average Bonchev–Trinajstić information content (AvgIpc) is 3.63. The van der Waals surface area contributed by atoms with E-state index in [9.17, 15) is 18.0 Å². The van der Waals surface area contributed by atoms with Gasteiger partial charge in [0.2, 0.25) is 15.9 Å². The van der Waals surface area contributed by atoms with E-state index < -0.39 is 10.0 Å². The first-order valence-corrected chi connectivity index (χ1v) is 15.5. The van der Waals surface area contributed by atoms with Crippen molar-refractivity contribution < 1.29 is 22.7 Å². The minimum absolute atomic E-state index is 0.0834. The van der Waals surface area contributed by atoms with Crippen LogP contribution in [0.4, 0.5) is 0 Å². The van der Waals surface area contributed by atoms with Crippen molar-refractivity contribution in [1.82, 2.24) is 14.5 Å². The van der Waals surface area contributed by atoms with Crippen LogP contribution in [0, 0.1) is 0 Å². The molecule has 3 aromatic carbocycles.